The van der Waals surface area contributed by atoms with E-state index in [1.165, 1.54) is 161 Å². The summed E-state index contributed by atoms with van der Waals surface area (Å²) in [5.41, 5.74) is 0.568. The third-order valence-electron chi connectivity index (χ3n) is 10.7. The molecular weight excluding hydrogens is 530 g/mol. The van der Waals surface area contributed by atoms with Gasteiger partial charge in [0.25, 0.3) is 0 Å². The van der Waals surface area contributed by atoms with Gasteiger partial charge < -0.3 is 4.90 Å². The maximum absolute atomic E-state index is 2.66. The molecule has 1 aliphatic rings. The van der Waals surface area contributed by atoms with E-state index < -0.39 is 0 Å². The molecule has 1 heteroatoms. The van der Waals surface area contributed by atoms with Crippen molar-refractivity contribution in [2.75, 3.05) is 13.6 Å². The van der Waals surface area contributed by atoms with Gasteiger partial charge in [-0.3, -0.25) is 0 Å². The molecule has 0 N–H and O–H groups in total. The third kappa shape index (κ3) is 20.9. The van der Waals surface area contributed by atoms with Gasteiger partial charge in [0.05, 0.1) is 0 Å². The second-order valence-electron chi connectivity index (χ2n) is 14.5. The van der Waals surface area contributed by atoms with E-state index in [9.17, 15) is 0 Å². The molecule has 0 saturated carbocycles. The summed E-state index contributed by atoms with van der Waals surface area (Å²) in [6.45, 7) is 10.9. The molecule has 0 aromatic rings. The minimum atomic E-state index is 0.568. The number of likely N-dealkylation sites (tertiary alicyclic amines) is 1. The summed E-state index contributed by atoms with van der Waals surface area (Å²) in [6.07, 6.45) is 54.3. The lowest BCUT2D eigenvalue weighted by Gasteiger charge is -2.34. The summed E-state index contributed by atoms with van der Waals surface area (Å²) >= 11 is 0. The molecule has 0 spiro atoms. The molecule has 0 radical (unpaired) electrons. The standard InChI is InChI=1S/C43H79N/c1-6-8-10-12-14-16-18-20-22-24-26-28-30-32-34-36-38-43(40-44(5)42(4)41(43)3)39-37-35-33-31-29-27-25-23-21-19-17-15-13-11-9-7-2/h14-17,20-23,41-42H,6-13,18-19,24-40H2,1-5H3/b16-14-,17-15-,22-20-,23-21-. The normalized spacial score (nSPS) is 19.2. The summed E-state index contributed by atoms with van der Waals surface area (Å²) < 4.78 is 0. The van der Waals surface area contributed by atoms with Crippen LogP contribution in [0, 0.1) is 11.3 Å². The zero-order valence-corrected chi connectivity index (χ0v) is 30.8. The van der Waals surface area contributed by atoms with Gasteiger partial charge in [0.1, 0.15) is 0 Å². The zero-order chi connectivity index (χ0) is 32.0. The average molecular weight is 610 g/mol. The molecule has 1 heterocycles. The van der Waals surface area contributed by atoms with Crippen LogP contribution >= 0.6 is 0 Å². The van der Waals surface area contributed by atoms with Crippen LogP contribution in [0.2, 0.25) is 0 Å². The van der Waals surface area contributed by atoms with E-state index in [1.54, 1.807) is 0 Å². The predicted molar refractivity (Wildman–Crippen MR) is 202 cm³/mol. The van der Waals surface area contributed by atoms with Crippen molar-refractivity contribution in [3.63, 3.8) is 0 Å². The number of rotatable bonds is 30. The van der Waals surface area contributed by atoms with Crippen molar-refractivity contribution in [3.8, 4) is 0 Å². The van der Waals surface area contributed by atoms with E-state index >= 15 is 0 Å². The Balaban J connectivity index is 2.12. The molecule has 0 bridgehead atoms. The SMILES string of the molecule is CCCCC/C=C\C/C=C\CCCCCCCCC1(CCCCCCCC/C=C\C/C=C\CCCCC)CN(C)C(C)C1C. The van der Waals surface area contributed by atoms with Crippen LogP contribution in [0.5, 0.6) is 0 Å². The second kappa shape index (κ2) is 29.3. The molecule has 1 nitrogen and oxygen atoms in total. The van der Waals surface area contributed by atoms with Gasteiger partial charge in [-0.1, -0.05) is 159 Å². The molecule has 44 heavy (non-hydrogen) atoms. The fraction of sp³-hybridized carbons (Fsp3) is 0.814. The first kappa shape index (κ1) is 40.9. The predicted octanol–water partition coefficient (Wildman–Crippen LogP) is 14.3. The van der Waals surface area contributed by atoms with Crippen LogP contribution in [0.1, 0.15) is 195 Å². The molecule has 256 valence electrons. The van der Waals surface area contributed by atoms with Gasteiger partial charge in [0.15, 0.2) is 0 Å². The van der Waals surface area contributed by atoms with E-state index in [1.807, 2.05) is 0 Å². The summed E-state index contributed by atoms with van der Waals surface area (Å²) in [4.78, 5) is 2.66. The van der Waals surface area contributed by atoms with E-state index in [-0.39, 0.29) is 0 Å². The van der Waals surface area contributed by atoms with Crippen LogP contribution in [0.25, 0.3) is 0 Å². The van der Waals surface area contributed by atoms with Gasteiger partial charge in [-0.25, -0.2) is 0 Å². The highest BCUT2D eigenvalue weighted by molar-refractivity contribution is 4.98. The topological polar surface area (TPSA) is 3.24 Å². The first-order valence-corrected chi connectivity index (χ1v) is 19.9. The van der Waals surface area contributed by atoms with Crippen LogP contribution in [-0.4, -0.2) is 24.5 Å². The van der Waals surface area contributed by atoms with Crippen molar-refractivity contribution in [3.05, 3.63) is 48.6 Å². The lowest BCUT2D eigenvalue weighted by molar-refractivity contribution is 0.173. The molecule has 0 amide bonds. The number of hydrogen-bond acceptors (Lipinski definition) is 1. The summed E-state index contributed by atoms with van der Waals surface area (Å²) in [5.74, 6) is 0.837. The highest BCUT2D eigenvalue weighted by atomic mass is 15.2. The molecule has 1 saturated heterocycles. The zero-order valence-electron chi connectivity index (χ0n) is 30.8. The van der Waals surface area contributed by atoms with Crippen molar-refractivity contribution in [2.45, 2.75) is 201 Å². The Morgan fingerprint density at radius 1 is 0.477 bits per heavy atom. The Labute approximate surface area is 278 Å². The molecule has 1 rings (SSSR count). The third-order valence-corrected chi connectivity index (χ3v) is 10.7. The minimum absolute atomic E-state index is 0.568. The van der Waals surface area contributed by atoms with Crippen molar-refractivity contribution in [2.24, 2.45) is 11.3 Å². The Kier molecular flexibility index (Phi) is 27.3. The number of nitrogens with zero attached hydrogens (tertiary/aromatic N) is 1. The Bertz CT molecular complexity index is 679. The van der Waals surface area contributed by atoms with E-state index in [0.717, 1.165) is 24.8 Å². The monoisotopic (exact) mass is 610 g/mol. The van der Waals surface area contributed by atoms with Gasteiger partial charge in [-0.05, 0) is 102 Å². The first-order chi connectivity index (χ1) is 21.6. The lowest BCUT2D eigenvalue weighted by Crippen LogP contribution is -2.29. The van der Waals surface area contributed by atoms with Gasteiger partial charge in [-0.2, -0.15) is 0 Å². The maximum Gasteiger partial charge on any atom is 0.00955 e. The van der Waals surface area contributed by atoms with Crippen molar-refractivity contribution < 1.29 is 0 Å². The van der Waals surface area contributed by atoms with Gasteiger partial charge in [0.2, 0.25) is 0 Å². The lowest BCUT2D eigenvalue weighted by atomic mass is 9.70. The van der Waals surface area contributed by atoms with Gasteiger partial charge >= 0.3 is 0 Å². The minimum Gasteiger partial charge on any atom is -0.303 e. The molecule has 0 aromatic carbocycles. The van der Waals surface area contributed by atoms with Crippen LogP contribution < -0.4 is 0 Å². The fourth-order valence-corrected chi connectivity index (χ4v) is 7.35. The molecule has 0 aliphatic carbocycles. The summed E-state index contributed by atoms with van der Waals surface area (Å²) in [5, 5.41) is 0. The summed E-state index contributed by atoms with van der Waals surface area (Å²) in [6, 6.07) is 0.740. The molecular formula is C43H79N. The molecule has 1 aliphatic heterocycles. The number of unbranched alkanes of at least 4 members (excludes halogenated alkanes) is 18. The van der Waals surface area contributed by atoms with Crippen molar-refractivity contribution in [1.82, 2.24) is 4.90 Å². The van der Waals surface area contributed by atoms with Crippen molar-refractivity contribution >= 4 is 0 Å². The Hall–Kier alpha value is -1.08. The van der Waals surface area contributed by atoms with Gasteiger partial charge in [0, 0.05) is 12.6 Å². The van der Waals surface area contributed by atoms with Crippen LogP contribution in [0.3, 0.4) is 0 Å². The molecule has 2 unspecified atom stereocenters. The van der Waals surface area contributed by atoms with E-state index in [2.05, 4.69) is 88.3 Å². The molecule has 1 fully saturated rings. The van der Waals surface area contributed by atoms with E-state index in [4.69, 9.17) is 0 Å². The highest BCUT2D eigenvalue weighted by Gasteiger charge is 2.45. The maximum atomic E-state index is 2.66. The van der Waals surface area contributed by atoms with Gasteiger partial charge in [-0.15, -0.1) is 0 Å². The molecule has 0 aromatic heterocycles. The number of hydrogen-bond donors (Lipinski definition) is 0. The quantitative estimate of drug-likeness (QED) is 0.0578. The highest BCUT2D eigenvalue weighted by Crippen LogP contribution is 2.47. The number of allylic oxidation sites excluding steroid dienone is 8. The van der Waals surface area contributed by atoms with Crippen LogP contribution in [0.15, 0.2) is 48.6 Å². The summed E-state index contributed by atoms with van der Waals surface area (Å²) in [7, 11) is 2.37. The smallest absolute Gasteiger partial charge is 0.00955 e. The second-order valence-corrected chi connectivity index (χ2v) is 14.5. The van der Waals surface area contributed by atoms with E-state index in [0.29, 0.717) is 5.41 Å². The largest absolute Gasteiger partial charge is 0.303 e. The van der Waals surface area contributed by atoms with Crippen LogP contribution in [0.4, 0.5) is 0 Å². The fourth-order valence-electron chi connectivity index (χ4n) is 7.35. The first-order valence-electron chi connectivity index (χ1n) is 19.9. The van der Waals surface area contributed by atoms with Crippen molar-refractivity contribution in [1.29, 1.82) is 0 Å². The molecule has 2 atom stereocenters. The van der Waals surface area contributed by atoms with Crippen LogP contribution in [-0.2, 0) is 0 Å². The Morgan fingerprint density at radius 2 is 0.818 bits per heavy atom. The Morgan fingerprint density at radius 3 is 1.16 bits per heavy atom. The average Bonchev–Trinajstić information content (AvgIpc) is 3.23.